The minimum Gasteiger partial charge on any atom is -0.427 e. The van der Waals surface area contributed by atoms with Gasteiger partial charge in [0.1, 0.15) is 0 Å². The molecule has 1 N–H and O–H groups in total. The second kappa shape index (κ2) is 4.33. The molecule has 4 heteroatoms. The van der Waals surface area contributed by atoms with Gasteiger partial charge in [-0.3, -0.25) is 4.98 Å². The normalized spacial score (nSPS) is 12.6. The highest BCUT2D eigenvalue weighted by atomic mass is 16.5. The van der Waals surface area contributed by atoms with E-state index in [2.05, 4.69) is 4.98 Å². The van der Waals surface area contributed by atoms with E-state index in [1.807, 2.05) is 26.0 Å². The fraction of sp³-hybridized carbons (Fsp3) is 0.545. The predicted octanol–water partition coefficient (Wildman–Crippen LogP) is 0.892. The van der Waals surface area contributed by atoms with E-state index in [1.54, 1.807) is 33.7 Å². The Morgan fingerprint density at radius 1 is 1.33 bits per heavy atom. The molecule has 1 radical (unpaired) electrons. The first-order valence-electron chi connectivity index (χ1n) is 4.96. The smallest absolute Gasteiger partial charge is 0.332 e. The Morgan fingerprint density at radius 3 is 2.47 bits per heavy atom. The molecule has 0 fully saturated rings. The Labute approximate surface area is 91.8 Å². The number of hydrogen-bond acceptors (Lipinski definition) is 3. The van der Waals surface area contributed by atoms with Gasteiger partial charge in [0.2, 0.25) is 0 Å². The molecule has 15 heavy (non-hydrogen) atoms. The molecule has 0 aliphatic heterocycles. The van der Waals surface area contributed by atoms with Crippen molar-refractivity contribution in [2.24, 2.45) is 0 Å². The van der Waals surface area contributed by atoms with E-state index in [4.69, 9.17) is 4.65 Å². The topological polar surface area (TPSA) is 42.4 Å². The second-order valence-corrected chi connectivity index (χ2v) is 4.59. The highest BCUT2D eigenvalue weighted by Gasteiger charge is 2.35. The third-order valence-corrected chi connectivity index (χ3v) is 2.65. The number of pyridine rings is 1. The third-order valence-electron chi connectivity index (χ3n) is 2.65. The molecule has 1 aromatic rings. The lowest BCUT2D eigenvalue weighted by molar-refractivity contribution is -0.0893. The first-order chi connectivity index (χ1) is 6.83. The van der Waals surface area contributed by atoms with E-state index in [9.17, 15) is 5.11 Å². The van der Waals surface area contributed by atoms with Crippen LogP contribution in [0.2, 0.25) is 0 Å². The Hall–Kier alpha value is -0.865. The van der Waals surface area contributed by atoms with Crippen LogP contribution < -0.4 is 5.46 Å². The quantitative estimate of drug-likeness (QED) is 0.744. The summed E-state index contributed by atoms with van der Waals surface area (Å²) >= 11 is 0. The standard InChI is InChI=1S/C11H17BNO2/c1-10(2,14)11(3,4)15-12-9-6-5-7-13-8-9/h5-8,14H,1-4H3. The number of aliphatic hydroxyl groups is 1. The van der Waals surface area contributed by atoms with Crippen molar-refractivity contribution >= 4 is 12.9 Å². The van der Waals surface area contributed by atoms with Crippen molar-refractivity contribution in [3.8, 4) is 0 Å². The van der Waals surface area contributed by atoms with Crippen molar-refractivity contribution in [3.05, 3.63) is 24.5 Å². The van der Waals surface area contributed by atoms with Crippen molar-refractivity contribution in [1.29, 1.82) is 0 Å². The van der Waals surface area contributed by atoms with Crippen molar-refractivity contribution in [2.45, 2.75) is 38.9 Å². The molecule has 81 valence electrons. The van der Waals surface area contributed by atoms with Crippen molar-refractivity contribution < 1.29 is 9.76 Å². The average Bonchev–Trinajstić information content (AvgIpc) is 2.15. The van der Waals surface area contributed by atoms with Crippen LogP contribution in [0.3, 0.4) is 0 Å². The van der Waals surface area contributed by atoms with Gasteiger partial charge in [0, 0.05) is 12.4 Å². The number of nitrogens with zero attached hydrogens (tertiary/aromatic N) is 1. The average molecular weight is 206 g/mol. The Kier molecular flexibility index (Phi) is 3.52. The van der Waals surface area contributed by atoms with Crippen LogP contribution in [0.4, 0.5) is 0 Å². The zero-order chi connectivity index (χ0) is 11.5. The maximum Gasteiger partial charge on any atom is 0.332 e. The number of hydrogen-bond donors (Lipinski definition) is 1. The number of aromatic nitrogens is 1. The minimum atomic E-state index is -0.897. The molecule has 1 heterocycles. The fourth-order valence-corrected chi connectivity index (χ4v) is 0.805. The van der Waals surface area contributed by atoms with Gasteiger partial charge in [-0.2, -0.15) is 0 Å². The van der Waals surface area contributed by atoms with Crippen LogP contribution in [0.1, 0.15) is 27.7 Å². The molecule has 0 unspecified atom stereocenters. The molecule has 0 saturated carbocycles. The van der Waals surface area contributed by atoms with Crippen LogP contribution in [-0.4, -0.2) is 28.8 Å². The maximum absolute atomic E-state index is 9.86. The summed E-state index contributed by atoms with van der Waals surface area (Å²) in [7, 11) is 1.62. The molecular formula is C11H17BNO2. The summed E-state index contributed by atoms with van der Waals surface area (Å²) in [6.07, 6.45) is 3.42. The molecule has 0 spiro atoms. The first-order valence-corrected chi connectivity index (χ1v) is 4.96. The molecule has 0 amide bonds. The van der Waals surface area contributed by atoms with Gasteiger partial charge in [0.25, 0.3) is 0 Å². The van der Waals surface area contributed by atoms with E-state index in [0.29, 0.717) is 0 Å². The van der Waals surface area contributed by atoms with Gasteiger partial charge < -0.3 is 9.76 Å². The molecule has 0 atom stereocenters. The van der Waals surface area contributed by atoms with E-state index in [1.165, 1.54) is 0 Å². The van der Waals surface area contributed by atoms with Gasteiger partial charge in [-0.05, 0) is 39.2 Å². The lowest BCUT2D eigenvalue weighted by Crippen LogP contribution is -2.49. The van der Waals surface area contributed by atoms with Crippen molar-refractivity contribution in [3.63, 3.8) is 0 Å². The van der Waals surface area contributed by atoms with Gasteiger partial charge in [-0.25, -0.2) is 0 Å². The van der Waals surface area contributed by atoms with Gasteiger partial charge in [-0.15, -0.1) is 0 Å². The molecule has 0 saturated heterocycles. The van der Waals surface area contributed by atoms with Gasteiger partial charge in [0.05, 0.1) is 11.2 Å². The summed E-state index contributed by atoms with van der Waals surface area (Å²) in [5.74, 6) is 0. The largest absolute Gasteiger partial charge is 0.427 e. The monoisotopic (exact) mass is 206 g/mol. The highest BCUT2D eigenvalue weighted by Crippen LogP contribution is 2.24. The van der Waals surface area contributed by atoms with Gasteiger partial charge >= 0.3 is 7.48 Å². The first kappa shape index (κ1) is 12.2. The zero-order valence-corrected chi connectivity index (χ0v) is 9.69. The Morgan fingerprint density at radius 2 is 2.00 bits per heavy atom. The van der Waals surface area contributed by atoms with E-state index in [0.717, 1.165) is 5.46 Å². The molecule has 3 nitrogen and oxygen atoms in total. The fourth-order valence-electron chi connectivity index (χ4n) is 0.805. The number of rotatable bonds is 4. The van der Waals surface area contributed by atoms with Crippen LogP contribution >= 0.6 is 0 Å². The Balaban J connectivity index is 2.58. The van der Waals surface area contributed by atoms with E-state index >= 15 is 0 Å². The van der Waals surface area contributed by atoms with Crippen LogP contribution in [0.15, 0.2) is 24.5 Å². The molecule has 0 aliphatic carbocycles. The van der Waals surface area contributed by atoms with Gasteiger partial charge in [0.15, 0.2) is 0 Å². The van der Waals surface area contributed by atoms with Gasteiger partial charge in [-0.1, -0.05) is 6.07 Å². The van der Waals surface area contributed by atoms with Crippen molar-refractivity contribution in [1.82, 2.24) is 4.98 Å². The van der Waals surface area contributed by atoms with E-state index < -0.39 is 11.2 Å². The summed E-state index contributed by atoms with van der Waals surface area (Å²) in [6, 6.07) is 3.74. The highest BCUT2D eigenvalue weighted by molar-refractivity contribution is 6.46. The van der Waals surface area contributed by atoms with Crippen molar-refractivity contribution in [2.75, 3.05) is 0 Å². The predicted molar refractivity (Wildman–Crippen MR) is 61.1 cm³/mol. The zero-order valence-electron chi connectivity index (χ0n) is 9.69. The minimum absolute atomic E-state index is 0.636. The second-order valence-electron chi connectivity index (χ2n) is 4.59. The van der Waals surface area contributed by atoms with E-state index in [-0.39, 0.29) is 0 Å². The van der Waals surface area contributed by atoms with Crippen LogP contribution in [0.25, 0.3) is 0 Å². The lowest BCUT2D eigenvalue weighted by Gasteiger charge is -2.37. The Bertz CT molecular complexity index is 306. The van der Waals surface area contributed by atoms with Crippen LogP contribution in [-0.2, 0) is 4.65 Å². The maximum atomic E-state index is 9.86. The molecule has 0 aromatic carbocycles. The molecular weight excluding hydrogens is 189 g/mol. The summed E-state index contributed by atoms with van der Waals surface area (Å²) in [4.78, 5) is 3.97. The summed E-state index contributed by atoms with van der Waals surface area (Å²) in [5.41, 5.74) is -0.649. The lowest BCUT2D eigenvalue weighted by atomic mass is 9.83. The molecule has 1 aromatic heterocycles. The van der Waals surface area contributed by atoms with Crippen LogP contribution in [0.5, 0.6) is 0 Å². The van der Waals surface area contributed by atoms with Crippen LogP contribution in [0, 0.1) is 0 Å². The third kappa shape index (κ3) is 3.32. The summed E-state index contributed by atoms with van der Waals surface area (Å²) < 4.78 is 5.56. The summed E-state index contributed by atoms with van der Waals surface area (Å²) in [5, 5.41) is 9.86. The summed E-state index contributed by atoms with van der Waals surface area (Å²) in [6.45, 7) is 7.15. The molecule has 1 rings (SSSR count). The molecule has 0 bridgehead atoms. The molecule has 0 aliphatic rings. The SMILES string of the molecule is CC(C)(O)C(C)(C)O[B]c1cccnc1.